The molecule has 0 atom stereocenters. The third-order valence-corrected chi connectivity index (χ3v) is 4.13. The molecule has 0 saturated carbocycles. The Morgan fingerprint density at radius 2 is 1.18 bits per heavy atom. The number of rotatable bonds is 6. The van der Waals surface area contributed by atoms with Crippen LogP contribution in [0.2, 0.25) is 0 Å². The van der Waals surface area contributed by atoms with Gasteiger partial charge in [-0.1, -0.05) is 18.6 Å². The fourth-order valence-electron chi connectivity index (χ4n) is 1.49. The molecule has 0 amide bonds. The Balaban J connectivity index is 0.000000318. The van der Waals surface area contributed by atoms with E-state index in [0.29, 0.717) is 19.8 Å². The molecule has 0 bridgehead atoms. The van der Waals surface area contributed by atoms with E-state index in [9.17, 15) is 0 Å². The Morgan fingerprint density at radius 1 is 0.765 bits per heavy atom. The Bertz CT molecular complexity index is 152. The van der Waals surface area contributed by atoms with Crippen molar-refractivity contribution in [3.8, 4) is 0 Å². The van der Waals surface area contributed by atoms with Crippen LogP contribution in [0.4, 0.5) is 0 Å². The third kappa shape index (κ3) is 12.1. The lowest BCUT2D eigenvalue weighted by Crippen LogP contribution is -2.27. The fourth-order valence-corrected chi connectivity index (χ4v) is 2.59. The Morgan fingerprint density at radius 3 is 1.53 bits per heavy atom. The van der Waals surface area contributed by atoms with Crippen LogP contribution < -0.4 is 0 Å². The molecule has 0 saturated heterocycles. The van der Waals surface area contributed by atoms with Crippen LogP contribution >= 0.6 is 0 Å². The second-order valence-electron chi connectivity index (χ2n) is 3.76. The lowest BCUT2D eigenvalue weighted by atomic mass is 10.2. The van der Waals surface area contributed by atoms with Gasteiger partial charge in [-0.25, -0.2) is 0 Å². The van der Waals surface area contributed by atoms with Crippen LogP contribution in [0.3, 0.4) is 0 Å². The molecule has 1 aliphatic carbocycles. The van der Waals surface area contributed by atoms with E-state index in [1.807, 2.05) is 20.8 Å². The van der Waals surface area contributed by atoms with Crippen molar-refractivity contribution >= 4 is 9.53 Å². The van der Waals surface area contributed by atoms with Gasteiger partial charge in [0.05, 0.1) is 0 Å². The summed E-state index contributed by atoms with van der Waals surface area (Å²) in [5.74, 6) is 0. The molecule has 0 aliphatic heterocycles. The summed E-state index contributed by atoms with van der Waals surface area (Å²) in [6.45, 7) is 7.86. The van der Waals surface area contributed by atoms with Gasteiger partial charge in [0, 0.05) is 19.8 Å². The van der Waals surface area contributed by atoms with Crippen molar-refractivity contribution < 1.29 is 13.3 Å². The van der Waals surface area contributed by atoms with Crippen LogP contribution in [0.5, 0.6) is 0 Å². The van der Waals surface area contributed by atoms with Crippen molar-refractivity contribution in [1.82, 2.24) is 0 Å². The summed E-state index contributed by atoms with van der Waals surface area (Å²) in [6, 6.07) is 0. The zero-order valence-electron chi connectivity index (χ0n) is 11.6. The van der Waals surface area contributed by atoms with Gasteiger partial charge in [-0.2, -0.15) is 0 Å². The molecule has 17 heavy (non-hydrogen) atoms. The fraction of sp³-hybridized carbons (Fsp3) is 0.846. The third-order valence-electron chi connectivity index (χ3n) is 2.32. The van der Waals surface area contributed by atoms with Gasteiger partial charge in [0.2, 0.25) is 0 Å². The highest BCUT2D eigenvalue weighted by atomic mass is 28.3. The SMILES string of the molecule is C1=CCCCCC1.CCO[SiH](OCC)OCC. The van der Waals surface area contributed by atoms with Crippen molar-refractivity contribution in [3.63, 3.8) is 0 Å². The molecule has 3 nitrogen and oxygen atoms in total. The maximum atomic E-state index is 5.22. The van der Waals surface area contributed by atoms with Crippen LogP contribution in [-0.2, 0) is 13.3 Å². The minimum atomic E-state index is -1.73. The van der Waals surface area contributed by atoms with Gasteiger partial charge < -0.3 is 13.3 Å². The molecule has 0 heterocycles. The standard InChI is InChI=1S/C7H12.C6H16O3Si/c1-2-4-6-7-5-3-1;1-4-7-10(8-5-2)9-6-3/h1-2H,3-7H2;10H,4-6H2,1-3H3. The Hall–Kier alpha value is -0.163. The van der Waals surface area contributed by atoms with Crippen LogP contribution in [0.15, 0.2) is 12.2 Å². The number of hydrogen-bond donors (Lipinski definition) is 0. The van der Waals surface area contributed by atoms with Crippen molar-refractivity contribution in [3.05, 3.63) is 12.2 Å². The minimum Gasteiger partial charge on any atom is -0.376 e. The molecule has 0 aromatic heterocycles. The van der Waals surface area contributed by atoms with E-state index < -0.39 is 9.53 Å². The lowest BCUT2D eigenvalue weighted by molar-refractivity contribution is 0.107. The largest absolute Gasteiger partial charge is 0.484 e. The Kier molecular flexibility index (Phi) is 13.8. The molecule has 0 spiro atoms. The molecule has 102 valence electrons. The first kappa shape index (κ1) is 16.8. The van der Waals surface area contributed by atoms with E-state index in [4.69, 9.17) is 13.3 Å². The average molecular weight is 260 g/mol. The molecular weight excluding hydrogens is 232 g/mol. The summed E-state index contributed by atoms with van der Waals surface area (Å²) < 4.78 is 15.7. The summed E-state index contributed by atoms with van der Waals surface area (Å²) >= 11 is 0. The van der Waals surface area contributed by atoms with E-state index in [1.54, 1.807) is 0 Å². The summed E-state index contributed by atoms with van der Waals surface area (Å²) in [7, 11) is -1.73. The highest BCUT2D eigenvalue weighted by Gasteiger charge is 2.11. The summed E-state index contributed by atoms with van der Waals surface area (Å²) in [5, 5.41) is 0. The van der Waals surface area contributed by atoms with Crippen molar-refractivity contribution in [2.75, 3.05) is 19.8 Å². The zero-order chi connectivity index (χ0) is 12.8. The van der Waals surface area contributed by atoms with E-state index in [0.717, 1.165) is 0 Å². The predicted molar refractivity (Wildman–Crippen MR) is 74.3 cm³/mol. The van der Waals surface area contributed by atoms with E-state index in [1.165, 1.54) is 32.1 Å². The lowest BCUT2D eigenvalue weighted by Gasteiger charge is -2.12. The summed E-state index contributed by atoms with van der Waals surface area (Å²) in [4.78, 5) is 0. The predicted octanol–water partition coefficient (Wildman–Crippen LogP) is 3.32. The van der Waals surface area contributed by atoms with Crippen LogP contribution in [-0.4, -0.2) is 29.3 Å². The molecule has 0 radical (unpaired) electrons. The van der Waals surface area contributed by atoms with Gasteiger partial charge in [0.1, 0.15) is 0 Å². The normalized spacial score (nSPS) is 15.3. The molecule has 0 unspecified atom stereocenters. The van der Waals surface area contributed by atoms with Gasteiger partial charge >= 0.3 is 9.53 Å². The first-order valence-electron chi connectivity index (χ1n) is 6.84. The molecular formula is C13H28O3Si. The van der Waals surface area contributed by atoms with Gasteiger partial charge in [-0.3, -0.25) is 0 Å². The maximum absolute atomic E-state index is 5.22. The average Bonchev–Trinajstić information content (AvgIpc) is 2.63. The van der Waals surface area contributed by atoms with Crippen LogP contribution in [0, 0.1) is 0 Å². The second-order valence-corrected chi connectivity index (χ2v) is 5.34. The molecule has 1 rings (SSSR count). The van der Waals surface area contributed by atoms with E-state index in [-0.39, 0.29) is 0 Å². The van der Waals surface area contributed by atoms with Gasteiger partial charge in [0.15, 0.2) is 0 Å². The van der Waals surface area contributed by atoms with Gasteiger partial charge in [0.25, 0.3) is 0 Å². The van der Waals surface area contributed by atoms with Crippen LogP contribution in [0.1, 0.15) is 52.9 Å². The zero-order valence-corrected chi connectivity index (χ0v) is 12.8. The van der Waals surface area contributed by atoms with Crippen molar-refractivity contribution in [1.29, 1.82) is 0 Å². The van der Waals surface area contributed by atoms with E-state index >= 15 is 0 Å². The molecule has 1 aliphatic rings. The summed E-state index contributed by atoms with van der Waals surface area (Å²) in [5.41, 5.74) is 0. The minimum absolute atomic E-state index is 0.677. The molecule has 0 aromatic carbocycles. The first-order valence-corrected chi connectivity index (χ1v) is 8.26. The van der Waals surface area contributed by atoms with Crippen molar-refractivity contribution in [2.45, 2.75) is 52.9 Å². The monoisotopic (exact) mass is 260 g/mol. The van der Waals surface area contributed by atoms with Gasteiger partial charge in [-0.05, 0) is 46.5 Å². The maximum Gasteiger partial charge on any atom is 0.484 e. The molecule has 0 fully saturated rings. The number of allylic oxidation sites excluding steroid dienone is 2. The number of hydrogen-bond acceptors (Lipinski definition) is 3. The Labute approximate surface area is 108 Å². The highest BCUT2D eigenvalue weighted by Crippen LogP contribution is 2.08. The molecule has 0 N–H and O–H groups in total. The van der Waals surface area contributed by atoms with Crippen molar-refractivity contribution in [2.24, 2.45) is 0 Å². The topological polar surface area (TPSA) is 27.7 Å². The van der Waals surface area contributed by atoms with Gasteiger partial charge in [-0.15, -0.1) is 0 Å². The molecule has 0 aromatic rings. The molecule has 4 heteroatoms. The van der Waals surface area contributed by atoms with E-state index in [2.05, 4.69) is 12.2 Å². The first-order chi connectivity index (χ1) is 8.35. The highest BCUT2D eigenvalue weighted by molar-refractivity contribution is 6.36. The van der Waals surface area contributed by atoms with Crippen LogP contribution in [0.25, 0.3) is 0 Å². The second kappa shape index (κ2) is 13.9. The smallest absolute Gasteiger partial charge is 0.376 e. The quantitative estimate of drug-likeness (QED) is 0.541. The summed E-state index contributed by atoms with van der Waals surface area (Å²) in [6.07, 6.45) is 11.5.